The molecule has 0 aliphatic carbocycles. The number of aliphatic hydroxyl groups is 1. The molecule has 0 aliphatic heterocycles. The van der Waals surface area contributed by atoms with Crippen LogP contribution in [0.4, 0.5) is 4.39 Å². The van der Waals surface area contributed by atoms with E-state index in [-0.39, 0.29) is 5.82 Å². The fourth-order valence-electron chi connectivity index (χ4n) is 2.29. The minimum absolute atomic E-state index is 0.301. The summed E-state index contributed by atoms with van der Waals surface area (Å²) in [4.78, 5) is 0. The fourth-order valence-corrected chi connectivity index (χ4v) is 2.29. The van der Waals surface area contributed by atoms with Crippen LogP contribution in [0.5, 0.6) is 5.75 Å². The first-order valence-electron chi connectivity index (χ1n) is 6.53. The van der Waals surface area contributed by atoms with Gasteiger partial charge in [-0.3, -0.25) is 0 Å². The molecule has 2 nitrogen and oxygen atoms in total. The third kappa shape index (κ3) is 2.68. The van der Waals surface area contributed by atoms with Crippen LogP contribution in [0.3, 0.4) is 0 Å². The van der Waals surface area contributed by atoms with E-state index in [0.29, 0.717) is 11.1 Å². The topological polar surface area (TPSA) is 29.5 Å². The summed E-state index contributed by atoms with van der Waals surface area (Å²) in [7, 11) is 1.62. The molecule has 0 fully saturated rings. The summed E-state index contributed by atoms with van der Waals surface area (Å²) in [6.07, 6.45) is -0.838. The van der Waals surface area contributed by atoms with E-state index >= 15 is 0 Å². The van der Waals surface area contributed by atoms with Crippen LogP contribution < -0.4 is 4.74 Å². The van der Waals surface area contributed by atoms with Crippen molar-refractivity contribution in [1.82, 2.24) is 0 Å². The van der Waals surface area contributed by atoms with Crippen molar-refractivity contribution in [2.45, 2.75) is 26.9 Å². The number of ether oxygens (including phenoxy) is 1. The van der Waals surface area contributed by atoms with Gasteiger partial charge in [-0.1, -0.05) is 12.1 Å². The number of hydrogen-bond donors (Lipinski definition) is 1. The van der Waals surface area contributed by atoms with Crippen LogP contribution in [0.2, 0.25) is 0 Å². The number of rotatable bonds is 3. The SMILES string of the molecule is COc1cc(C)c(C(O)c2ccc(C)c(F)c2)cc1C. The first-order chi connectivity index (χ1) is 9.43. The average Bonchev–Trinajstić information content (AvgIpc) is 2.43. The summed E-state index contributed by atoms with van der Waals surface area (Å²) in [6, 6.07) is 8.59. The third-order valence-electron chi connectivity index (χ3n) is 3.59. The highest BCUT2D eigenvalue weighted by Crippen LogP contribution is 2.30. The molecule has 0 spiro atoms. The van der Waals surface area contributed by atoms with Crippen molar-refractivity contribution < 1.29 is 14.2 Å². The Labute approximate surface area is 118 Å². The van der Waals surface area contributed by atoms with Crippen LogP contribution in [0, 0.1) is 26.6 Å². The normalized spacial score (nSPS) is 12.3. The summed E-state index contributed by atoms with van der Waals surface area (Å²) >= 11 is 0. The molecule has 0 amide bonds. The molecule has 0 saturated carbocycles. The molecule has 2 rings (SSSR count). The molecule has 0 heterocycles. The van der Waals surface area contributed by atoms with Crippen molar-refractivity contribution in [1.29, 1.82) is 0 Å². The predicted molar refractivity (Wildman–Crippen MR) is 77.7 cm³/mol. The Bertz CT molecular complexity index is 635. The molecule has 0 aromatic heterocycles. The van der Waals surface area contributed by atoms with Gasteiger partial charge in [0.1, 0.15) is 17.7 Å². The van der Waals surface area contributed by atoms with Crippen molar-refractivity contribution in [3.8, 4) is 5.75 Å². The van der Waals surface area contributed by atoms with E-state index < -0.39 is 6.10 Å². The molecule has 0 aliphatic rings. The molecule has 3 heteroatoms. The van der Waals surface area contributed by atoms with Crippen molar-refractivity contribution in [3.05, 3.63) is 64.0 Å². The van der Waals surface area contributed by atoms with Crippen LogP contribution in [0.15, 0.2) is 30.3 Å². The van der Waals surface area contributed by atoms with Gasteiger partial charge in [-0.15, -0.1) is 0 Å². The monoisotopic (exact) mass is 274 g/mol. The molecular weight excluding hydrogens is 255 g/mol. The second kappa shape index (κ2) is 5.63. The maximum Gasteiger partial charge on any atom is 0.126 e. The quantitative estimate of drug-likeness (QED) is 0.921. The van der Waals surface area contributed by atoms with Gasteiger partial charge in [-0.2, -0.15) is 0 Å². The summed E-state index contributed by atoms with van der Waals surface area (Å²) in [5, 5.41) is 10.5. The van der Waals surface area contributed by atoms with Crippen LogP contribution in [0.25, 0.3) is 0 Å². The van der Waals surface area contributed by atoms with Crippen LogP contribution in [0.1, 0.15) is 33.9 Å². The molecule has 1 N–H and O–H groups in total. The molecule has 2 aromatic carbocycles. The number of aliphatic hydroxyl groups excluding tert-OH is 1. The number of methoxy groups -OCH3 is 1. The second-order valence-corrected chi connectivity index (χ2v) is 5.09. The Balaban J connectivity index is 2.45. The highest BCUT2D eigenvalue weighted by Gasteiger charge is 2.16. The van der Waals surface area contributed by atoms with Crippen molar-refractivity contribution >= 4 is 0 Å². The number of halogens is 1. The number of hydrogen-bond acceptors (Lipinski definition) is 2. The zero-order valence-electron chi connectivity index (χ0n) is 12.2. The molecule has 0 radical (unpaired) electrons. The van der Waals surface area contributed by atoms with Crippen molar-refractivity contribution in [3.63, 3.8) is 0 Å². The van der Waals surface area contributed by atoms with Gasteiger partial charge in [-0.05, 0) is 66.8 Å². The highest BCUT2D eigenvalue weighted by molar-refractivity contribution is 5.45. The minimum atomic E-state index is -0.838. The van der Waals surface area contributed by atoms with E-state index in [1.54, 1.807) is 26.2 Å². The van der Waals surface area contributed by atoms with Crippen LogP contribution in [-0.2, 0) is 0 Å². The fraction of sp³-hybridized carbons (Fsp3) is 0.294. The van der Waals surface area contributed by atoms with Gasteiger partial charge in [0.15, 0.2) is 0 Å². The summed E-state index contributed by atoms with van der Waals surface area (Å²) in [5.41, 5.74) is 3.76. The second-order valence-electron chi connectivity index (χ2n) is 5.09. The largest absolute Gasteiger partial charge is 0.496 e. The smallest absolute Gasteiger partial charge is 0.126 e. The van der Waals surface area contributed by atoms with Crippen LogP contribution in [-0.4, -0.2) is 12.2 Å². The molecule has 1 unspecified atom stereocenters. The van der Waals surface area contributed by atoms with Crippen molar-refractivity contribution in [2.75, 3.05) is 7.11 Å². The Hall–Kier alpha value is -1.87. The molecule has 0 bridgehead atoms. The average molecular weight is 274 g/mol. The lowest BCUT2D eigenvalue weighted by atomic mass is 9.95. The van der Waals surface area contributed by atoms with E-state index in [2.05, 4.69) is 0 Å². The van der Waals surface area contributed by atoms with E-state index in [4.69, 9.17) is 4.74 Å². The van der Waals surface area contributed by atoms with Gasteiger partial charge >= 0.3 is 0 Å². The lowest BCUT2D eigenvalue weighted by Crippen LogP contribution is -2.04. The van der Waals surface area contributed by atoms with E-state index in [0.717, 1.165) is 22.4 Å². The zero-order valence-corrected chi connectivity index (χ0v) is 12.2. The highest BCUT2D eigenvalue weighted by atomic mass is 19.1. The third-order valence-corrected chi connectivity index (χ3v) is 3.59. The molecule has 2 aromatic rings. The number of benzene rings is 2. The van der Waals surface area contributed by atoms with E-state index in [1.807, 2.05) is 26.0 Å². The van der Waals surface area contributed by atoms with Gasteiger partial charge in [0.2, 0.25) is 0 Å². The number of aryl methyl sites for hydroxylation is 3. The van der Waals surface area contributed by atoms with E-state index in [1.165, 1.54) is 6.07 Å². The van der Waals surface area contributed by atoms with E-state index in [9.17, 15) is 9.50 Å². The van der Waals surface area contributed by atoms with Gasteiger partial charge < -0.3 is 9.84 Å². The van der Waals surface area contributed by atoms with Crippen molar-refractivity contribution in [2.24, 2.45) is 0 Å². The molecule has 106 valence electrons. The first-order valence-corrected chi connectivity index (χ1v) is 6.53. The first kappa shape index (κ1) is 14.5. The Morgan fingerprint density at radius 3 is 2.30 bits per heavy atom. The van der Waals surface area contributed by atoms with Gasteiger partial charge in [0.05, 0.1) is 7.11 Å². The molecular formula is C17H19FO2. The van der Waals surface area contributed by atoms with Gasteiger partial charge in [0.25, 0.3) is 0 Å². The summed E-state index contributed by atoms with van der Waals surface area (Å²) in [5.74, 6) is 0.484. The summed E-state index contributed by atoms with van der Waals surface area (Å²) in [6.45, 7) is 5.53. The summed E-state index contributed by atoms with van der Waals surface area (Å²) < 4.78 is 18.9. The van der Waals surface area contributed by atoms with Gasteiger partial charge in [-0.25, -0.2) is 4.39 Å². The van der Waals surface area contributed by atoms with Crippen LogP contribution >= 0.6 is 0 Å². The Kier molecular flexibility index (Phi) is 4.09. The standard InChI is InChI=1S/C17H19FO2/c1-10-5-6-13(9-15(10)18)17(19)14-7-12(3)16(20-4)8-11(14)2/h5-9,17,19H,1-4H3. The molecule has 20 heavy (non-hydrogen) atoms. The van der Waals surface area contributed by atoms with Gasteiger partial charge in [0, 0.05) is 0 Å². The Morgan fingerprint density at radius 1 is 1.00 bits per heavy atom. The lowest BCUT2D eigenvalue weighted by Gasteiger charge is -2.17. The Morgan fingerprint density at radius 2 is 1.70 bits per heavy atom. The maximum atomic E-state index is 13.6. The lowest BCUT2D eigenvalue weighted by molar-refractivity contribution is 0.219. The predicted octanol–water partition coefficient (Wildman–Crippen LogP) is 3.84. The molecule has 1 atom stereocenters. The molecule has 0 saturated heterocycles. The zero-order chi connectivity index (χ0) is 14.9. The minimum Gasteiger partial charge on any atom is -0.496 e. The maximum absolute atomic E-state index is 13.6.